The van der Waals surface area contributed by atoms with E-state index in [1.807, 2.05) is 0 Å². The Morgan fingerprint density at radius 2 is 1.96 bits per heavy atom. The molecule has 0 spiro atoms. The third-order valence-corrected chi connectivity index (χ3v) is 6.76. The fourth-order valence-electron chi connectivity index (χ4n) is 5.45. The van der Waals surface area contributed by atoms with Gasteiger partial charge in [-0.25, -0.2) is 4.98 Å². The number of piperazine rings is 1. The maximum atomic E-state index is 12.0. The molecule has 3 atom stereocenters. The molecule has 1 saturated heterocycles. The average Bonchev–Trinajstić information content (AvgIpc) is 3.31. The van der Waals surface area contributed by atoms with Crippen LogP contribution >= 0.6 is 0 Å². The van der Waals surface area contributed by atoms with E-state index in [1.165, 1.54) is 38.1 Å². The molecule has 27 heavy (non-hydrogen) atoms. The van der Waals surface area contributed by atoms with Crippen molar-refractivity contribution < 1.29 is 4.92 Å². The first-order valence-electron chi connectivity index (χ1n) is 9.75. The molecule has 0 radical (unpaired) electrons. The van der Waals surface area contributed by atoms with Crippen molar-refractivity contribution in [1.82, 2.24) is 14.9 Å². The standard InChI is InChI=1S/C19H23N5O3/c25-19-14-9-18(24(26)27)17(10-15(14)20-11-21-19)23-5-3-22(4-6-23)16-8-12-1-2-13(16)7-12/h9-13,16H,1-8H2,(H,20,21,25). The number of hydrogen-bond acceptors (Lipinski definition) is 6. The molecule has 142 valence electrons. The van der Waals surface area contributed by atoms with E-state index in [2.05, 4.69) is 19.8 Å². The van der Waals surface area contributed by atoms with E-state index in [1.54, 1.807) is 6.07 Å². The molecule has 8 nitrogen and oxygen atoms in total. The second kappa shape index (κ2) is 6.30. The van der Waals surface area contributed by atoms with Crippen LogP contribution in [0.1, 0.15) is 25.7 Å². The van der Waals surface area contributed by atoms with Crippen LogP contribution in [0.25, 0.3) is 10.9 Å². The zero-order valence-corrected chi connectivity index (χ0v) is 15.1. The van der Waals surface area contributed by atoms with E-state index in [-0.39, 0.29) is 16.6 Å². The average molecular weight is 369 g/mol. The van der Waals surface area contributed by atoms with Crippen molar-refractivity contribution in [2.75, 3.05) is 31.1 Å². The van der Waals surface area contributed by atoms with Crippen molar-refractivity contribution in [3.8, 4) is 0 Å². The molecule has 2 aromatic rings. The predicted octanol–water partition coefficient (Wildman–Crippen LogP) is 2.14. The number of nitro groups is 1. The van der Waals surface area contributed by atoms with E-state index >= 15 is 0 Å². The molecule has 3 aliphatic rings. The Morgan fingerprint density at radius 3 is 2.63 bits per heavy atom. The maximum Gasteiger partial charge on any atom is 0.293 e. The van der Waals surface area contributed by atoms with E-state index in [0.717, 1.165) is 38.0 Å². The van der Waals surface area contributed by atoms with Crippen LogP contribution in [0.5, 0.6) is 0 Å². The van der Waals surface area contributed by atoms with Gasteiger partial charge in [-0.05, 0) is 37.2 Å². The van der Waals surface area contributed by atoms with Crippen LogP contribution < -0.4 is 10.5 Å². The monoisotopic (exact) mass is 369 g/mol. The second-order valence-electron chi connectivity index (χ2n) is 8.11. The van der Waals surface area contributed by atoms with Gasteiger partial charge in [0.15, 0.2) is 0 Å². The highest BCUT2D eigenvalue weighted by molar-refractivity contribution is 5.87. The molecule has 2 bridgehead atoms. The molecule has 1 N–H and O–H groups in total. The van der Waals surface area contributed by atoms with E-state index in [9.17, 15) is 14.9 Å². The fraction of sp³-hybridized carbons (Fsp3) is 0.579. The van der Waals surface area contributed by atoms with E-state index in [4.69, 9.17) is 0 Å². The Balaban J connectivity index is 1.40. The summed E-state index contributed by atoms with van der Waals surface area (Å²) in [6.45, 7) is 3.41. The van der Waals surface area contributed by atoms with Crippen LogP contribution in [0.4, 0.5) is 11.4 Å². The number of H-pyrrole nitrogens is 1. The highest BCUT2D eigenvalue weighted by Crippen LogP contribution is 2.47. The quantitative estimate of drug-likeness (QED) is 0.658. The molecule has 3 unspecified atom stereocenters. The van der Waals surface area contributed by atoms with Gasteiger partial charge in [0.1, 0.15) is 5.69 Å². The number of fused-ring (bicyclic) bond motifs is 3. The van der Waals surface area contributed by atoms with Gasteiger partial charge < -0.3 is 9.88 Å². The van der Waals surface area contributed by atoms with Gasteiger partial charge in [0.05, 0.1) is 22.2 Å². The molecule has 8 heteroatoms. The van der Waals surface area contributed by atoms with Crippen molar-refractivity contribution in [3.63, 3.8) is 0 Å². The zero-order valence-electron chi connectivity index (χ0n) is 15.1. The molecule has 2 heterocycles. The Hall–Kier alpha value is -2.48. The minimum atomic E-state index is -0.399. The molecule has 1 aromatic carbocycles. The smallest absolute Gasteiger partial charge is 0.293 e. The summed E-state index contributed by atoms with van der Waals surface area (Å²) in [5.74, 6) is 1.77. The molecular formula is C19H23N5O3. The summed E-state index contributed by atoms with van der Waals surface area (Å²) in [6, 6.07) is 3.76. The molecule has 2 saturated carbocycles. The molecular weight excluding hydrogens is 346 g/mol. The minimum absolute atomic E-state index is 0.0191. The lowest BCUT2D eigenvalue weighted by molar-refractivity contribution is -0.384. The van der Waals surface area contributed by atoms with Crippen molar-refractivity contribution in [3.05, 3.63) is 38.9 Å². The number of nitro benzene ring substituents is 1. The third-order valence-electron chi connectivity index (χ3n) is 6.76. The number of rotatable bonds is 3. The van der Waals surface area contributed by atoms with Gasteiger partial charge >= 0.3 is 0 Å². The molecule has 5 rings (SSSR count). The number of aromatic nitrogens is 2. The lowest BCUT2D eigenvalue weighted by Crippen LogP contribution is -2.51. The summed E-state index contributed by atoms with van der Waals surface area (Å²) in [5.41, 5.74) is 0.693. The zero-order chi connectivity index (χ0) is 18.5. The molecule has 0 amide bonds. The Morgan fingerprint density at radius 1 is 1.15 bits per heavy atom. The number of aromatic amines is 1. The van der Waals surface area contributed by atoms with Crippen LogP contribution in [0.3, 0.4) is 0 Å². The lowest BCUT2D eigenvalue weighted by atomic mass is 9.93. The van der Waals surface area contributed by atoms with Gasteiger partial charge in [0.25, 0.3) is 11.2 Å². The Labute approximate surface area is 156 Å². The van der Waals surface area contributed by atoms with E-state index < -0.39 is 4.92 Å². The SMILES string of the molecule is O=c1[nH]cnc2cc(N3CCN(C4CC5CCC4C5)CC3)c([N+](=O)[O-])cc12. The largest absolute Gasteiger partial charge is 0.363 e. The van der Waals surface area contributed by atoms with Crippen molar-refractivity contribution in [2.24, 2.45) is 11.8 Å². The summed E-state index contributed by atoms with van der Waals surface area (Å²) < 4.78 is 0. The topological polar surface area (TPSA) is 95.4 Å². The van der Waals surface area contributed by atoms with Crippen molar-refractivity contribution in [1.29, 1.82) is 0 Å². The van der Waals surface area contributed by atoms with E-state index in [0.29, 0.717) is 17.2 Å². The van der Waals surface area contributed by atoms with Crippen molar-refractivity contribution in [2.45, 2.75) is 31.7 Å². The molecule has 2 aliphatic carbocycles. The Kier molecular flexibility index (Phi) is 3.89. The summed E-state index contributed by atoms with van der Waals surface area (Å²) in [4.78, 5) is 34.5. The predicted molar refractivity (Wildman–Crippen MR) is 102 cm³/mol. The van der Waals surface area contributed by atoms with Gasteiger partial charge in [-0.2, -0.15) is 0 Å². The number of benzene rings is 1. The molecule has 1 aliphatic heterocycles. The van der Waals surface area contributed by atoms with Gasteiger partial charge in [-0.3, -0.25) is 19.8 Å². The Bertz CT molecular complexity index is 950. The van der Waals surface area contributed by atoms with Crippen molar-refractivity contribution >= 4 is 22.3 Å². The number of hydrogen-bond donors (Lipinski definition) is 1. The fourth-order valence-corrected chi connectivity index (χ4v) is 5.45. The first-order valence-corrected chi connectivity index (χ1v) is 9.75. The lowest BCUT2D eigenvalue weighted by Gasteiger charge is -2.41. The van der Waals surface area contributed by atoms with Gasteiger partial charge in [0.2, 0.25) is 0 Å². The third kappa shape index (κ3) is 2.79. The summed E-state index contributed by atoms with van der Waals surface area (Å²) in [6.07, 6.45) is 6.82. The normalized spacial score (nSPS) is 28.1. The van der Waals surface area contributed by atoms with Crippen LogP contribution in [-0.4, -0.2) is 52.0 Å². The highest BCUT2D eigenvalue weighted by atomic mass is 16.6. The van der Waals surface area contributed by atoms with Gasteiger partial charge in [-0.1, -0.05) is 6.42 Å². The first-order chi connectivity index (χ1) is 13.1. The first kappa shape index (κ1) is 16.7. The maximum absolute atomic E-state index is 12.0. The summed E-state index contributed by atoms with van der Waals surface area (Å²) >= 11 is 0. The minimum Gasteiger partial charge on any atom is -0.363 e. The van der Waals surface area contributed by atoms with Gasteiger partial charge in [-0.15, -0.1) is 0 Å². The van der Waals surface area contributed by atoms with Crippen LogP contribution in [0.15, 0.2) is 23.3 Å². The van der Waals surface area contributed by atoms with Gasteiger partial charge in [0, 0.05) is 38.3 Å². The highest BCUT2D eigenvalue weighted by Gasteiger charge is 2.43. The van der Waals surface area contributed by atoms with Crippen LogP contribution in [0, 0.1) is 22.0 Å². The van der Waals surface area contributed by atoms with Crippen LogP contribution in [0.2, 0.25) is 0 Å². The van der Waals surface area contributed by atoms with Crippen LogP contribution in [-0.2, 0) is 0 Å². The number of nitrogens with zero attached hydrogens (tertiary/aromatic N) is 4. The number of anilines is 1. The number of nitrogens with one attached hydrogen (secondary N) is 1. The molecule has 3 fully saturated rings. The summed E-state index contributed by atoms with van der Waals surface area (Å²) in [5, 5.41) is 11.9. The molecule has 1 aromatic heterocycles. The summed E-state index contributed by atoms with van der Waals surface area (Å²) in [7, 11) is 0. The second-order valence-corrected chi connectivity index (χ2v) is 8.11.